The van der Waals surface area contributed by atoms with Gasteiger partial charge in [0, 0.05) is 18.0 Å². The van der Waals surface area contributed by atoms with Crippen LogP contribution in [0, 0.1) is 19.8 Å². The average Bonchev–Trinajstić information content (AvgIpc) is 2.41. The molecule has 0 spiro atoms. The predicted molar refractivity (Wildman–Crippen MR) is 62.7 cm³/mol. The fourth-order valence-electron chi connectivity index (χ4n) is 2.09. The molecule has 0 aromatic carbocycles. The summed E-state index contributed by atoms with van der Waals surface area (Å²) in [7, 11) is 0. The fraction of sp³-hybridized carbons (Fsp3) is 0.636. The Morgan fingerprint density at radius 1 is 1.56 bits per heavy atom. The molecule has 88 valence electrons. The van der Waals surface area contributed by atoms with Crippen molar-refractivity contribution in [3.8, 4) is 0 Å². The number of nitrogens with zero attached hydrogens (tertiary/aromatic N) is 2. The van der Waals surface area contributed by atoms with Gasteiger partial charge in [-0.15, -0.1) is 11.3 Å². The maximum atomic E-state index is 10.7. The Balaban J connectivity index is 2.02. The quantitative estimate of drug-likeness (QED) is 0.876. The van der Waals surface area contributed by atoms with E-state index in [9.17, 15) is 4.79 Å². The smallest absolute Gasteiger partial charge is 0.309 e. The van der Waals surface area contributed by atoms with E-state index in [1.165, 1.54) is 4.88 Å². The summed E-state index contributed by atoms with van der Waals surface area (Å²) in [5.74, 6) is -0.878. The van der Waals surface area contributed by atoms with E-state index in [2.05, 4.69) is 23.7 Å². The molecule has 1 N–H and O–H groups in total. The monoisotopic (exact) mass is 240 g/mol. The van der Waals surface area contributed by atoms with E-state index in [-0.39, 0.29) is 12.0 Å². The van der Waals surface area contributed by atoms with Gasteiger partial charge in [0.05, 0.1) is 22.7 Å². The molecule has 1 saturated heterocycles. The number of thiazole rings is 1. The predicted octanol–water partition coefficient (Wildman–Crippen LogP) is 1.84. The minimum absolute atomic E-state index is 0.192. The molecule has 0 bridgehead atoms. The van der Waals surface area contributed by atoms with E-state index in [1.54, 1.807) is 11.3 Å². The van der Waals surface area contributed by atoms with Crippen LogP contribution in [0.5, 0.6) is 0 Å². The Morgan fingerprint density at radius 3 is 2.62 bits per heavy atom. The van der Waals surface area contributed by atoms with E-state index in [0.717, 1.165) is 10.7 Å². The molecule has 1 aliphatic heterocycles. The van der Waals surface area contributed by atoms with Crippen LogP contribution < -0.4 is 0 Å². The lowest BCUT2D eigenvalue weighted by molar-refractivity contribution is -0.148. The summed E-state index contributed by atoms with van der Waals surface area (Å²) >= 11 is 1.70. The van der Waals surface area contributed by atoms with Crippen molar-refractivity contribution in [1.29, 1.82) is 0 Å². The first kappa shape index (κ1) is 11.5. The van der Waals surface area contributed by atoms with Gasteiger partial charge in [-0.05, 0) is 20.8 Å². The number of hydrogen-bond acceptors (Lipinski definition) is 4. The second-order valence-electron chi connectivity index (χ2n) is 4.34. The number of likely N-dealkylation sites (tertiary alicyclic amines) is 1. The third kappa shape index (κ3) is 1.97. The van der Waals surface area contributed by atoms with Crippen LogP contribution in [0.1, 0.15) is 28.5 Å². The number of rotatable bonds is 3. The molecule has 0 saturated carbocycles. The molecule has 2 rings (SSSR count). The van der Waals surface area contributed by atoms with Crippen LogP contribution in [0.2, 0.25) is 0 Å². The molecule has 1 aromatic rings. The van der Waals surface area contributed by atoms with Gasteiger partial charge < -0.3 is 5.11 Å². The van der Waals surface area contributed by atoms with Gasteiger partial charge in [0.15, 0.2) is 0 Å². The second kappa shape index (κ2) is 4.14. The van der Waals surface area contributed by atoms with E-state index in [1.807, 2.05) is 6.92 Å². The molecule has 16 heavy (non-hydrogen) atoms. The van der Waals surface area contributed by atoms with Gasteiger partial charge in [0.25, 0.3) is 0 Å². The van der Waals surface area contributed by atoms with Gasteiger partial charge in [0.1, 0.15) is 0 Å². The number of carbonyl (C=O) groups is 1. The summed E-state index contributed by atoms with van der Waals surface area (Å²) in [6.07, 6.45) is 0. The van der Waals surface area contributed by atoms with Crippen LogP contribution in [-0.4, -0.2) is 34.0 Å². The molecule has 1 unspecified atom stereocenters. The summed E-state index contributed by atoms with van der Waals surface area (Å²) in [6, 6.07) is 0.237. The fourth-order valence-corrected chi connectivity index (χ4v) is 3.00. The minimum atomic E-state index is -0.686. The Hall–Kier alpha value is -0.940. The van der Waals surface area contributed by atoms with Gasteiger partial charge in [0.2, 0.25) is 0 Å². The van der Waals surface area contributed by atoms with Crippen molar-refractivity contribution in [3.05, 3.63) is 15.6 Å². The number of aryl methyl sites for hydroxylation is 2. The normalized spacial score (nSPS) is 19.4. The average molecular weight is 240 g/mol. The number of aromatic nitrogens is 1. The highest BCUT2D eigenvalue weighted by molar-refractivity contribution is 7.11. The molecule has 5 heteroatoms. The summed E-state index contributed by atoms with van der Waals surface area (Å²) in [5, 5.41) is 9.90. The van der Waals surface area contributed by atoms with Crippen LogP contribution in [0.15, 0.2) is 0 Å². The zero-order valence-electron chi connectivity index (χ0n) is 9.73. The molecule has 1 fully saturated rings. The first-order chi connectivity index (χ1) is 7.49. The maximum absolute atomic E-state index is 10.7. The maximum Gasteiger partial charge on any atom is 0.309 e. The molecular formula is C11H16N2O2S. The van der Waals surface area contributed by atoms with Crippen LogP contribution in [0.4, 0.5) is 0 Å². The number of aliphatic carboxylic acids is 1. The molecule has 1 aromatic heterocycles. The summed E-state index contributed by atoms with van der Waals surface area (Å²) < 4.78 is 0. The first-order valence-corrected chi connectivity index (χ1v) is 6.21. The standard InChI is InChI=1S/C11H16N2O2S/c1-6(10-7(2)16-8(3)12-10)13-4-9(5-13)11(14)15/h6,9H,4-5H2,1-3H3,(H,14,15). The van der Waals surface area contributed by atoms with Gasteiger partial charge in [-0.25, -0.2) is 4.98 Å². The summed E-state index contributed by atoms with van der Waals surface area (Å²) in [6.45, 7) is 7.47. The van der Waals surface area contributed by atoms with Crippen LogP contribution in [0.3, 0.4) is 0 Å². The topological polar surface area (TPSA) is 53.4 Å². The number of hydrogen-bond donors (Lipinski definition) is 1. The van der Waals surface area contributed by atoms with Gasteiger partial charge in [-0.3, -0.25) is 9.69 Å². The van der Waals surface area contributed by atoms with E-state index >= 15 is 0 Å². The molecule has 0 amide bonds. The van der Waals surface area contributed by atoms with Crippen molar-refractivity contribution >= 4 is 17.3 Å². The lowest BCUT2D eigenvalue weighted by Crippen LogP contribution is -2.51. The van der Waals surface area contributed by atoms with Crippen molar-refractivity contribution in [2.24, 2.45) is 5.92 Å². The highest BCUT2D eigenvalue weighted by Crippen LogP contribution is 2.31. The van der Waals surface area contributed by atoms with Crippen molar-refractivity contribution in [2.45, 2.75) is 26.8 Å². The molecule has 4 nitrogen and oxygen atoms in total. The molecule has 0 radical (unpaired) electrons. The van der Waals surface area contributed by atoms with Crippen LogP contribution in [-0.2, 0) is 4.79 Å². The number of carboxylic acids is 1. The van der Waals surface area contributed by atoms with Gasteiger partial charge >= 0.3 is 5.97 Å². The van der Waals surface area contributed by atoms with Crippen molar-refractivity contribution in [2.75, 3.05) is 13.1 Å². The van der Waals surface area contributed by atoms with E-state index < -0.39 is 5.97 Å². The lowest BCUT2D eigenvalue weighted by atomic mass is 9.97. The Kier molecular flexibility index (Phi) is 2.99. The minimum Gasteiger partial charge on any atom is -0.481 e. The van der Waals surface area contributed by atoms with E-state index in [0.29, 0.717) is 13.1 Å². The molecular weight excluding hydrogens is 224 g/mol. The Labute approximate surface area is 98.9 Å². The highest BCUT2D eigenvalue weighted by atomic mass is 32.1. The zero-order chi connectivity index (χ0) is 11.9. The third-order valence-electron chi connectivity index (χ3n) is 3.14. The second-order valence-corrected chi connectivity index (χ2v) is 5.75. The molecule has 1 atom stereocenters. The Morgan fingerprint density at radius 2 is 2.19 bits per heavy atom. The van der Waals surface area contributed by atoms with Gasteiger partial charge in [-0.2, -0.15) is 0 Å². The Bertz CT molecular complexity index is 410. The van der Waals surface area contributed by atoms with Crippen molar-refractivity contribution in [3.63, 3.8) is 0 Å². The highest BCUT2D eigenvalue weighted by Gasteiger charge is 2.36. The van der Waals surface area contributed by atoms with E-state index in [4.69, 9.17) is 5.11 Å². The SMILES string of the molecule is Cc1nc(C(C)N2CC(C(=O)O)C2)c(C)s1. The van der Waals surface area contributed by atoms with Gasteiger partial charge in [-0.1, -0.05) is 0 Å². The first-order valence-electron chi connectivity index (χ1n) is 5.40. The lowest BCUT2D eigenvalue weighted by Gasteiger charge is -2.40. The molecule has 1 aliphatic rings. The zero-order valence-corrected chi connectivity index (χ0v) is 10.5. The van der Waals surface area contributed by atoms with Crippen molar-refractivity contribution in [1.82, 2.24) is 9.88 Å². The largest absolute Gasteiger partial charge is 0.481 e. The summed E-state index contributed by atoms with van der Waals surface area (Å²) in [5.41, 5.74) is 1.10. The van der Waals surface area contributed by atoms with Crippen molar-refractivity contribution < 1.29 is 9.90 Å². The molecule has 2 heterocycles. The van der Waals surface area contributed by atoms with Crippen LogP contribution in [0.25, 0.3) is 0 Å². The van der Waals surface area contributed by atoms with Crippen LogP contribution >= 0.6 is 11.3 Å². The third-order valence-corrected chi connectivity index (χ3v) is 4.04. The molecule has 0 aliphatic carbocycles. The number of carboxylic acid groups (broad SMARTS) is 1. The summed E-state index contributed by atoms with van der Waals surface area (Å²) in [4.78, 5) is 18.6.